The fourth-order valence-corrected chi connectivity index (χ4v) is 3.27. The number of halogens is 1. The molecule has 0 radical (unpaired) electrons. The highest BCUT2D eigenvalue weighted by atomic mass is 79.9. The minimum absolute atomic E-state index is 0.0379. The van der Waals surface area contributed by atoms with Crippen LogP contribution in [-0.4, -0.2) is 24.5 Å². The summed E-state index contributed by atoms with van der Waals surface area (Å²) in [5.41, 5.74) is 1.81. The Labute approximate surface area is 125 Å². The van der Waals surface area contributed by atoms with E-state index in [1.165, 1.54) is 0 Å². The molecular formula is C14H15BrN2O3. The average Bonchev–Trinajstić information content (AvgIpc) is 2.86. The third kappa shape index (κ3) is 2.23. The van der Waals surface area contributed by atoms with Crippen molar-refractivity contribution < 1.29 is 14.3 Å². The molecular weight excluding hydrogens is 324 g/mol. The number of rotatable bonds is 2. The summed E-state index contributed by atoms with van der Waals surface area (Å²) in [4.78, 5) is 24.0. The molecule has 106 valence electrons. The Hall–Kier alpha value is -1.40. The van der Waals surface area contributed by atoms with Gasteiger partial charge >= 0.3 is 5.97 Å². The van der Waals surface area contributed by atoms with E-state index in [4.69, 9.17) is 4.74 Å². The monoisotopic (exact) mass is 338 g/mol. The van der Waals surface area contributed by atoms with Gasteiger partial charge in [0.25, 0.3) is 0 Å². The highest BCUT2D eigenvalue weighted by Crippen LogP contribution is 2.41. The molecule has 0 aromatic heterocycles. The van der Waals surface area contributed by atoms with Crippen LogP contribution in [0.3, 0.4) is 0 Å². The van der Waals surface area contributed by atoms with Gasteiger partial charge in [-0.2, -0.15) is 0 Å². The summed E-state index contributed by atoms with van der Waals surface area (Å²) < 4.78 is 5.99. The SMILES string of the molecule is CCOC(=O)[C@H]1C[C@H]2C(=O)Nc3ccc(Br)cc3[C@H]2N1. The van der Waals surface area contributed by atoms with Crippen LogP contribution in [0, 0.1) is 5.92 Å². The van der Waals surface area contributed by atoms with Crippen molar-refractivity contribution in [2.45, 2.75) is 25.4 Å². The molecule has 2 heterocycles. The molecule has 0 unspecified atom stereocenters. The average molecular weight is 339 g/mol. The van der Waals surface area contributed by atoms with Crippen LogP contribution >= 0.6 is 15.9 Å². The van der Waals surface area contributed by atoms with Gasteiger partial charge in [-0.25, -0.2) is 0 Å². The van der Waals surface area contributed by atoms with Crippen molar-refractivity contribution in [3.05, 3.63) is 28.2 Å². The molecule has 1 fully saturated rings. The van der Waals surface area contributed by atoms with Gasteiger partial charge in [0.2, 0.25) is 5.91 Å². The van der Waals surface area contributed by atoms with Crippen LogP contribution in [0.15, 0.2) is 22.7 Å². The zero-order chi connectivity index (χ0) is 14.3. The van der Waals surface area contributed by atoms with E-state index in [0.717, 1.165) is 15.7 Å². The Bertz CT molecular complexity index is 576. The number of nitrogens with one attached hydrogen (secondary N) is 2. The number of carbonyl (C=O) groups is 2. The molecule has 3 rings (SSSR count). The maximum atomic E-state index is 12.1. The van der Waals surface area contributed by atoms with E-state index in [9.17, 15) is 9.59 Å². The van der Waals surface area contributed by atoms with E-state index in [2.05, 4.69) is 26.6 Å². The molecule has 1 aromatic carbocycles. The first-order valence-electron chi connectivity index (χ1n) is 6.63. The fourth-order valence-electron chi connectivity index (χ4n) is 2.89. The summed E-state index contributed by atoms with van der Waals surface area (Å²) >= 11 is 3.44. The summed E-state index contributed by atoms with van der Waals surface area (Å²) in [5, 5.41) is 6.13. The van der Waals surface area contributed by atoms with Crippen LogP contribution in [0.25, 0.3) is 0 Å². The second-order valence-electron chi connectivity index (χ2n) is 5.01. The third-order valence-corrected chi connectivity index (χ3v) is 4.28. The lowest BCUT2D eigenvalue weighted by atomic mass is 9.88. The van der Waals surface area contributed by atoms with Crippen molar-refractivity contribution in [2.75, 3.05) is 11.9 Å². The largest absolute Gasteiger partial charge is 0.465 e. The molecule has 1 aromatic rings. The molecule has 2 N–H and O–H groups in total. The smallest absolute Gasteiger partial charge is 0.323 e. The fraction of sp³-hybridized carbons (Fsp3) is 0.429. The number of fused-ring (bicyclic) bond motifs is 3. The Morgan fingerprint density at radius 1 is 1.50 bits per heavy atom. The number of hydrogen-bond donors (Lipinski definition) is 2. The zero-order valence-corrected chi connectivity index (χ0v) is 12.6. The van der Waals surface area contributed by atoms with Gasteiger partial charge in [0, 0.05) is 16.2 Å². The maximum absolute atomic E-state index is 12.1. The van der Waals surface area contributed by atoms with Crippen molar-refractivity contribution in [2.24, 2.45) is 5.92 Å². The third-order valence-electron chi connectivity index (χ3n) is 3.79. The summed E-state index contributed by atoms with van der Waals surface area (Å²) in [6, 6.07) is 5.18. The first-order chi connectivity index (χ1) is 9.60. The van der Waals surface area contributed by atoms with Gasteiger partial charge in [0.1, 0.15) is 6.04 Å². The molecule has 5 nitrogen and oxygen atoms in total. The predicted octanol–water partition coefficient (Wildman–Crippen LogP) is 1.98. The molecule has 2 aliphatic rings. The molecule has 3 atom stereocenters. The Balaban J connectivity index is 1.90. The number of ether oxygens (including phenoxy) is 1. The van der Waals surface area contributed by atoms with Crippen LogP contribution in [0.1, 0.15) is 24.9 Å². The van der Waals surface area contributed by atoms with Crippen molar-refractivity contribution >= 4 is 33.5 Å². The van der Waals surface area contributed by atoms with E-state index >= 15 is 0 Å². The van der Waals surface area contributed by atoms with Crippen molar-refractivity contribution in [3.8, 4) is 0 Å². The number of benzene rings is 1. The van der Waals surface area contributed by atoms with E-state index < -0.39 is 6.04 Å². The van der Waals surface area contributed by atoms with Crippen LogP contribution in [-0.2, 0) is 14.3 Å². The minimum Gasteiger partial charge on any atom is -0.465 e. The topological polar surface area (TPSA) is 67.4 Å². The first kappa shape index (κ1) is 13.6. The van der Waals surface area contributed by atoms with Crippen molar-refractivity contribution in [3.63, 3.8) is 0 Å². The molecule has 0 spiro atoms. The number of carbonyl (C=O) groups excluding carboxylic acids is 2. The van der Waals surface area contributed by atoms with Gasteiger partial charge in [-0.05, 0) is 37.1 Å². The van der Waals surface area contributed by atoms with Crippen LogP contribution in [0.2, 0.25) is 0 Å². The summed E-state index contributed by atoms with van der Waals surface area (Å²) in [6.07, 6.45) is 0.473. The number of esters is 1. The normalized spacial score (nSPS) is 27.5. The van der Waals surface area contributed by atoms with Crippen LogP contribution < -0.4 is 10.6 Å². The molecule has 2 aliphatic heterocycles. The molecule has 1 amide bonds. The van der Waals surface area contributed by atoms with Crippen molar-refractivity contribution in [1.82, 2.24) is 5.32 Å². The Morgan fingerprint density at radius 2 is 2.30 bits per heavy atom. The lowest BCUT2D eigenvalue weighted by Crippen LogP contribution is -2.36. The summed E-state index contributed by atoms with van der Waals surface area (Å²) in [5.74, 6) is -0.554. The van der Waals surface area contributed by atoms with Gasteiger partial charge in [-0.15, -0.1) is 0 Å². The molecule has 0 saturated carbocycles. The maximum Gasteiger partial charge on any atom is 0.323 e. The van der Waals surface area contributed by atoms with E-state index in [1.807, 2.05) is 18.2 Å². The lowest BCUT2D eigenvalue weighted by molar-refractivity contribution is -0.145. The van der Waals surface area contributed by atoms with E-state index in [-0.39, 0.29) is 23.8 Å². The molecule has 0 bridgehead atoms. The molecule has 1 saturated heterocycles. The predicted molar refractivity (Wildman–Crippen MR) is 77.2 cm³/mol. The second kappa shape index (κ2) is 5.18. The van der Waals surface area contributed by atoms with Crippen molar-refractivity contribution in [1.29, 1.82) is 0 Å². The van der Waals surface area contributed by atoms with Crippen LogP contribution in [0.5, 0.6) is 0 Å². The summed E-state index contributed by atoms with van der Waals surface area (Å²) in [7, 11) is 0. The van der Waals surface area contributed by atoms with E-state index in [1.54, 1.807) is 6.92 Å². The highest BCUT2D eigenvalue weighted by molar-refractivity contribution is 9.10. The van der Waals surface area contributed by atoms with Crippen LogP contribution in [0.4, 0.5) is 5.69 Å². The lowest BCUT2D eigenvalue weighted by Gasteiger charge is -2.28. The second-order valence-corrected chi connectivity index (χ2v) is 5.93. The van der Waals surface area contributed by atoms with Gasteiger partial charge < -0.3 is 10.1 Å². The number of anilines is 1. The number of amides is 1. The first-order valence-corrected chi connectivity index (χ1v) is 7.42. The Morgan fingerprint density at radius 3 is 3.05 bits per heavy atom. The zero-order valence-electron chi connectivity index (χ0n) is 11.0. The van der Waals surface area contributed by atoms with Gasteiger partial charge in [-0.1, -0.05) is 15.9 Å². The van der Waals surface area contributed by atoms with E-state index in [0.29, 0.717) is 13.0 Å². The van der Waals surface area contributed by atoms with Gasteiger partial charge in [0.05, 0.1) is 12.5 Å². The van der Waals surface area contributed by atoms with Gasteiger partial charge in [-0.3, -0.25) is 14.9 Å². The van der Waals surface area contributed by atoms with Gasteiger partial charge in [0.15, 0.2) is 0 Å². The summed E-state index contributed by atoms with van der Waals surface area (Å²) in [6.45, 7) is 2.12. The molecule has 20 heavy (non-hydrogen) atoms. The number of hydrogen-bond acceptors (Lipinski definition) is 4. The Kier molecular flexibility index (Phi) is 3.52. The molecule has 0 aliphatic carbocycles. The highest BCUT2D eigenvalue weighted by Gasteiger charge is 2.45. The standard InChI is InChI=1S/C14H15BrN2O3/c1-2-20-14(19)11-6-9-12(16-11)8-5-7(15)3-4-10(8)17-13(9)18/h3-5,9,11-12,16H,2,6H2,1H3,(H,17,18)/t9-,11-,12-/m1/s1. The molecule has 6 heteroatoms. The quantitative estimate of drug-likeness (QED) is 0.809. The minimum atomic E-state index is -0.416.